The molecule has 1 aromatic rings. The Kier molecular flexibility index (Phi) is 0.742. The van der Waals surface area contributed by atoms with Gasteiger partial charge in [-0.1, -0.05) is 11.8 Å². The summed E-state index contributed by atoms with van der Waals surface area (Å²) < 4.78 is 4.53. The van der Waals surface area contributed by atoms with Crippen molar-refractivity contribution in [2.75, 3.05) is 0 Å². The SMILES string of the molecule is CCCn1[nH]o1. The van der Waals surface area contributed by atoms with E-state index in [0.29, 0.717) is 0 Å². The lowest BCUT2D eigenvalue weighted by Crippen LogP contribution is -1.81. The second kappa shape index (κ2) is 1.24. The Bertz CT molecular complexity index is 87.4. The van der Waals surface area contributed by atoms with Crippen molar-refractivity contribution in [2.24, 2.45) is 0 Å². The van der Waals surface area contributed by atoms with Crippen LogP contribution in [-0.4, -0.2) is 10.1 Å². The van der Waals surface area contributed by atoms with Crippen LogP contribution in [0, 0.1) is 0 Å². The van der Waals surface area contributed by atoms with Crippen LogP contribution in [0.2, 0.25) is 0 Å². The summed E-state index contributed by atoms with van der Waals surface area (Å²) in [6, 6.07) is 0. The zero-order valence-electron chi connectivity index (χ0n) is 3.77. The summed E-state index contributed by atoms with van der Waals surface area (Å²) in [5.41, 5.74) is 0. The maximum absolute atomic E-state index is 4.53. The Morgan fingerprint density at radius 2 is 2.50 bits per heavy atom. The van der Waals surface area contributed by atoms with E-state index in [4.69, 9.17) is 0 Å². The molecule has 1 aromatic heterocycles. The quantitative estimate of drug-likeness (QED) is 0.570. The van der Waals surface area contributed by atoms with Crippen molar-refractivity contribution in [1.29, 1.82) is 0 Å². The first kappa shape index (κ1) is 3.59. The number of hydrogen-bond acceptors (Lipinski definition) is 1. The Morgan fingerprint density at radius 3 is 2.67 bits per heavy atom. The third-order valence-corrected chi connectivity index (χ3v) is 0.647. The average molecular weight is 88.1 g/mol. The molecule has 0 amide bonds. The molecular weight excluding hydrogens is 80.0 g/mol. The van der Waals surface area contributed by atoms with Crippen molar-refractivity contribution in [3.63, 3.8) is 0 Å². The zero-order valence-corrected chi connectivity index (χ0v) is 3.77. The average Bonchev–Trinajstić information content (AvgIpc) is 2.21. The summed E-state index contributed by atoms with van der Waals surface area (Å²) in [6.07, 6.45) is 1.13. The van der Waals surface area contributed by atoms with Gasteiger partial charge in [-0.15, -0.1) is 5.27 Å². The van der Waals surface area contributed by atoms with Gasteiger partial charge in [0.25, 0.3) is 0 Å². The van der Waals surface area contributed by atoms with Gasteiger partial charge in [-0.2, -0.15) is 0 Å². The fourth-order valence-electron chi connectivity index (χ4n) is 0.323. The van der Waals surface area contributed by atoms with E-state index < -0.39 is 0 Å². The van der Waals surface area contributed by atoms with Crippen LogP contribution in [-0.2, 0) is 6.54 Å². The highest BCUT2D eigenvalue weighted by Crippen LogP contribution is 1.86. The van der Waals surface area contributed by atoms with Gasteiger partial charge in [-0.25, -0.2) is 0 Å². The molecule has 0 spiro atoms. The highest BCUT2D eigenvalue weighted by Gasteiger charge is 1.89. The van der Waals surface area contributed by atoms with Crippen molar-refractivity contribution in [3.8, 4) is 0 Å². The van der Waals surface area contributed by atoms with Crippen LogP contribution in [0.25, 0.3) is 0 Å². The fourth-order valence-corrected chi connectivity index (χ4v) is 0.323. The Hall–Kier alpha value is -0.600. The molecule has 0 bridgehead atoms. The lowest BCUT2D eigenvalue weighted by Gasteiger charge is -1.74. The van der Waals surface area contributed by atoms with Crippen molar-refractivity contribution in [2.45, 2.75) is 19.9 Å². The summed E-state index contributed by atoms with van der Waals surface area (Å²) in [5.74, 6) is 0. The van der Waals surface area contributed by atoms with Crippen molar-refractivity contribution < 1.29 is 4.63 Å². The lowest BCUT2D eigenvalue weighted by molar-refractivity contribution is 0.428. The molecule has 0 aliphatic rings. The molecule has 0 atom stereocenters. The van der Waals surface area contributed by atoms with Gasteiger partial charge in [0.05, 0.1) is 6.54 Å². The second-order valence-corrected chi connectivity index (χ2v) is 1.28. The van der Waals surface area contributed by atoms with Gasteiger partial charge in [-0.05, 0) is 6.42 Å². The lowest BCUT2D eigenvalue weighted by atomic mass is 10.5. The van der Waals surface area contributed by atoms with Crippen LogP contribution in [0.5, 0.6) is 0 Å². The van der Waals surface area contributed by atoms with E-state index in [2.05, 4.69) is 16.8 Å². The van der Waals surface area contributed by atoms with E-state index in [-0.39, 0.29) is 0 Å². The smallest absolute Gasteiger partial charge is 0.0787 e. The zero-order chi connectivity index (χ0) is 4.41. The van der Waals surface area contributed by atoms with Crippen LogP contribution in [0.4, 0.5) is 0 Å². The van der Waals surface area contributed by atoms with E-state index in [1.165, 1.54) is 0 Å². The van der Waals surface area contributed by atoms with Gasteiger partial charge < -0.3 is 0 Å². The third kappa shape index (κ3) is 0.672. The molecule has 0 aliphatic heterocycles. The molecule has 0 radical (unpaired) electrons. The molecule has 36 valence electrons. The van der Waals surface area contributed by atoms with Crippen LogP contribution < -0.4 is 0 Å². The third-order valence-electron chi connectivity index (χ3n) is 0.647. The van der Waals surface area contributed by atoms with Gasteiger partial charge in [0.2, 0.25) is 0 Å². The van der Waals surface area contributed by atoms with E-state index in [1.807, 2.05) is 0 Å². The summed E-state index contributed by atoms with van der Waals surface area (Å²) in [7, 11) is 0. The fraction of sp³-hybridized carbons (Fsp3) is 1.00. The minimum Gasteiger partial charge on any atom is -0.257 e. The minimum atomic E-state index is 0.986. The number of nitrogens with zero attached hydrogens (tertiary/aromatic N) is 1. The number of nitrogens with one attached hydrogen (secondary N) is 1. The van der Waals surface area contributed by atoms with Gasteiger partial charge in [-0.3, -0.25) is 4.63 Å². The molecule has 3 nitrogen and oxygen atoms in total. The number of aromatic amines is 1. The maximum atomic E-state index is 4.53. The highest BCUT2D eigenvalue weighted by molar-refractivity contribution is 4.21. The first-order valence-corrected chi connectivity index (χ1v) is 2.13. The van der Waals surface area contributed by atoms with Crippen LogP contribution in [0.1, 0.15) is 13.3 Å². The molecule has 1 heterocycles. The molecule has 1 rings (SSSR count). The molecule has 0 saturated carbocycles. The Morgan fingerprint density at radius 1 is 1.83 bits per heavy atom. The van der Waals surface area contributed by atoms with Crippen LogP contribution >= 0.6 is 0 Å². The number of rotatable bonds is 2. The predicted molar refractivity (Wildman–Crippen MR) is 21.3 cm³/mol. The number of hydrogen-bond donors (Lipinski definition) is 1. The molecule has 1 N–H and O–H groups in total. The summed E-state index contributed by atoms with van der Waals surface area (Å²) in [5, 5.41) is 2.57. The highest BCUT2D eigenvalue weighted by atomic mass is 16.7. The number of aromatic nitrogens is 2. The van der Waals surface area contributed by atoms with Crippen molar-refractivity contribution in [1.82, 2.24) is 10.1 Å². The Balaban J connectivity index is 2.09. The monoisotopic (exact) mass is 88.1 g/mol. The molecule has 0 unspecified atom stereocenters. The number of H-pyrrole nitrogens is 1. The summed E-state index contributed by atoms with van der Waals surface area (Å²) in [6.45, 7) is 3.09. The van der Waals surface area contributed by atoms with Gasteiger partial charge in [0.15, 0.2) is 0 Å². The van der Waals surface area contributed by atoms with Gasteiger partial charge in [0, 0.05) is 0 Å². The molecule has 0 saturated heterocycles. The first-order chi connectivity index (χ1) is 2.93. The molecular formula is C3H8N2O. The normalized spacial score (nSPS) is 10.2. The first-order valence-electron chi connectivity index (χ1n) is 2.13. The molecule has 0 aliphatic carbocycles. The van der Waals surface area contributed by atoms with E-state index in [9.17, 15) is 0 Å². The molecule has 0 aromatic carbocycles. The minimum absolute atomic E-state index is 0.986. The van der Waals surface area contributed by atoms with Gasteiger partial charge >= 0.3 is 0 Å². The second-order valence-electron chi connectivity index (χ2n) is 1.28. The van der Waals surface area contributed by atoms with E-state index in [0.717, 1.165) is 13.0 Å². The number of aryl methyl sites for hydroxylation is 1. The van der Waals surface area contributed by atoms with Crippen LogP contribution in [0.3, 0.4) is 0 Å². The van der Waals surface area contributed by atoms with Crippen molar-refractivity contribution in [3.05, 3.63) is 0 Å². The van der Waals surface area contributed by atoms with Gasteiger partial charge in [0.1, 0.15) is 0 Å². The standard InChI is InChI=1S/C3H8N2O/c1-2-3-5-4-6-5/h4H,2-3H2,1H3. The summed E-state index contributed by atoms with van der Waals surface area (Å²) in [4.78, 5) is 1.68. The maximum Gasteiger partial charge on any atom is 0.0787 e. The van der Waals surface area contributed by atoms with E-state index >= 15 is 0 Å². The predicted octanol–water partition coefficient (Wildman–Crippen LogP) is 0.819. The molecule has 0 fully saturated rings. The topological polar surface area (TPSA) is 33.9 Å². The molecule has 6 heavy (non-hydrogen) atoms. The van der Waals surface area contributed by atoms with E-state index in [1.54, 1.807) is 4.85 Å². The Labute approximate surface area is 35.8 Å². The molecule has 3 heteroatoms. The largest absolute Gasteiger partial charge is 0.257 e. The summed E-state index contributed by atoms with van der Waals surface area (Å²) >= 11 is 0. The van der Waals surface area contributed by atoms with Crippen molar-refractivity contribution >= 4 is 0 Å². The van der Waals surface area contributed by atoms with Crippen LogP contribution in [0.15, 0.2) is 4.63 Å².